The van der Waals surface area contributed by atoms with Crippen molar-refractivity contribution in [2.24, 2.45) is 7.05 Å². The predicted molar refractivity (Wildman–Crippen MR) is 73.0 cm³/mol. The smallest absolute Gasteiger partial charge is 0.240 e. The molecule has 0 aliphatic heterocycles. The normalized spacial score (nSPS) is 11.6. The van der Waals surface area contributed by atoms with Crippen LogP contribution in [0.2, 0.25) is 0 Å². The van der Waals surface area contributed by atoms with Gasteiger partial charge < -0.3 is 5.73 Å². The average molecular weight is 280 g/mol. The quantitative estimate of drug-likeness (QED) is 0.781. The van der Waals surface area contributed by atoms with E-state index in [1.54, 1.807) is 23.0 Å². The summed E-state index contributed by atoms with van der Waals surface area (Å²) in [6, 6.07) is 8.07. The second kappa shape index (κ2) is 5.41. The second-order valence-electron chi connectivity index (χ2n) is 4.17. The maximum absolute atomic E-state index is 12.0. The molecular formula is C12H16N4O2S. The summed E-state index contributed by atoms with van der Waals surface area (Å²) in [5.41, 5.74) is 6.97. The highest BCUT2D eigenvalue weighted by molar-refractivity contribution is 7.89. The number of nitrogens with two attached hydrogens (primary N) is 1. The minimum Gasteiger partial charge on any atom is -0.399 e. The highest BCUT2D eigenvalue weighted by Gasteiger charge is 2.13. The Morgan fingerprint density at radius 3 is 2.79 bits per heavy atom. The number of aromatic nitrogens is 2. The lowest BCUT2D eigenvalue weighted by atomic mass is 10.3. The summed E-state index contributed by atoms with van der Waals surface area (Å²) >= 11 is 0. The number of anilines is 1. The molecule has 0 aliphatic carbocycles. The van der Waals surface area contributed by atoms with E-state index in [0.29, 0.717) is 18.7 Å². The molecule has 0 radical (unpaired) electrons. The topological polar surface area (TPSA) is 90.0 Å². The van der Waals surface area contributed by atoms with Crippen LogP contribution in [0, 0.1) is 0 Å². The zero-order chi connectivity index (χ0) is 13.9. The standard InChI is InChI=1S/C12H16N4O2S/c1-16-11(5-7-14-16)6-8-15-19(17,18)12-4-2-3-10(13)9-12/h2-5,7,9,15H,6,8,13H2,1H3. The van der Waals surface area contributed by atoms with E-state index in [4.69, 9.17) is 5.73 Å². The number of nitrogens with zero attached hydrogens (tertiary/aromatic N) is 2. The van der Waals surface area contributed by atoms with Crippen LogP contribution < -0.4 is 10.5 Å². The molecule has 7 heteroatoms. The minimum atomic E-state index is -3.51. The molecule has 19 heavy (non-hydrogen) atoms. The van der Waals surface area contributed by atoms with Gasteiger partial charge in [0.1, 0.15) is 0 Å². The molecule has 2 aromatic rings. The minimum absolute atomic E-state index is 0.178. The second-order valence-corrected chi connectivity index (χ2v) is 5.93. The van der Waals surface area contributed by atoms with E-state index in [2.05, 4.69) is 9.82 Å². The van der Waals surface area contributed by atoms with Crippen molar-refractivity contribution >= 4 is 15.7 Å². The number of aryl methyl sites for hydroxylation is 1. The predicted octanol–water partition coefficient (Wildman–Crippen LogP) is 0.523. The van der Waals surface area contributed by atoms with Crippen LogP contribution in [0.15, 0.2) is 41.4 Å². The van der Waals surface area contributed by atoms with Gasteiger partial charge in [-0.25, -0.2) is 13.1 Å². The third kappa shape index (κ3) is 3.33. The van der Waals surface area contributed by atoms with Crippen LogP contribution >= 0.6 is 0 Å². The van der Waals surface area contributed by atoms with Gasteiger partial charge in [0, 0.05) is 37.6 Å². The molecule has 0 saturated carbocycles. The number of hydrogen-bond acceptors (Lipinski definition) is 4. The van der Waals surface area contributed by atoms with E-state index < -0.39 is 10.0 Å². The third-order valence-electron chi connectivity index (χ3n) is 2.76. The van der Waals surface area contributed by atoms with E-state index in [1.165, 1.54) is 12.1 Å². The molecule has 0 spiro atoms. The fourth-order valence-electron chi connectivity index (χ4n) is 1.73. The first-order chi connectivity index (χ1) is 8.99. The molecule has 3 N–H and O–H groups in total. The molecule has 0 fully saturated rings. The number of hydrogen-bond donors (Lipinski definition) is 2. The van der Waals surface area contributed by atoms with Crippen LogP contribution in [0.5, 0.6) is 0 Å². The largest absolute Gasteiger partial charge is 0.399 e. The van der Waals surface area contributed by atoms with Crippen LogP contribution in [-0.2, 0) is 23.5 Å². The van der Waals surface area contributed by atoms with Gasteiger partial charge in [0.15, 0.2) is 0 Å². The molecule has 102 valence electrons. The van der Waals surface area contributed by atoms with Crippen molar-refractivity contribution in [2.45, 2.75) is 11.3 Å². The maximum Gasteiger partial charge on any atom is 0.240 e. The fraction of sp³-hybridized carbons (Fsp3) is 0.250. The molecular weight excluding hydrogens is 264 g/mol. The molecule has 0 saturated heterocycles. The van der Waals surface area contributed by atoms with Gasteiger partial charge in [-0.05, 0) is 24.3 Å². The highest BCUT2D eigenvalue weighted by Crippen LogP contribution is 2.12. The first-order valence-corrected chi connectivity index (χ1v) is 7.29. The summed E-state index contributed by atoms with van der Waals surface area (Å²) in [6.45, 7) is 0.316. The molecule has 0 amide bonds. The summed E-state index contributed by atoms with van der Waals surface area (Å²) in [6.07, 6.45) is 2.26. The highest BCUT2D eigenvalue weighted by atomic mass is 32.2. The van der Waals surface area contributed by atoms with E-state index >= 15 is 0 Å². The van der Waals surface area contributed by atoms with Gasteiger partial charge in [-0.1, -0.05) is 6.07 Å². The average Bonchev–Trinajstić information content (AvgIpc) is 2.75. The molecule has 6 nitrogen and oxygen atoms in total. The Hall–Kier alpha value is -1.86. The van der Waals surface area contributed by atoms with Crippen LogP contribution in [0.4, 0.5) is 5.69 Å². The lowest BCUT2D eigenvalue weighted by Crippen LogP contribution is -2.26. The molecule has 1 aromatic heterocycles. The van der Waals surface area contributed by atoms with Crippen molar-refractivity contribution in [3.63, 3.8) is 0 Å². The Morgan fingerprint density at radius 2 is 2.16 bits per heavy atom. The molecule has 1 heterocycles. The molecule has 0 atom stereocenters. The number of nitrogen functional groups attached to an aromatic ring is 1. The molecule has 1 aromatic carbocycles. The first-order valence-electron chi connectivity index (χ1n) is 5.81. The van der Waals surface area contributed by atoms with Crippen molar-refractivity contribution in [1.29, 1.82) is 0 Å². The first kappa shape index (κ1) is 13.6. The van der Waals surface area contributed by atoms with Gasteiger partial charge in [-0.2, -0.15) is 5.10 Å². The van der Waals surface area contributed by atoms with E-state index in [1.807, 2.05) is 13.1 Å². The number of nitrogens with one attached hydrogen (secondary N) is 1. The van der Waals surface area contributed by atoms with Crippen LogP contribution in [0.3, 0.4) is 0 Å². The summed E-state index contributed by atoms with van der Waals surface area (Å²) in [5, 5.41) is 4.02. The summed E-state index contributed by atoms with van der Waals surface area (Å²) in [5.74, 6) is 0. The van der Waals surface area contributed by atoms with Gasteiger partial charge in [-0.3, -0.25) is 4.68 Å². The number of rotatable bonds is 5. The van der Waals surface area contributed by atoms with Crippen molar-refractivity contribution in [3.05, 3.63) is 42.2 Å². The number of benzene rings is 1. The molecule has 0 bridgehead atoms. The lowest BCUT2D eigenvalue weighted by Gasteiger charge is -2.07. The van der Waals surface area contributed by atoms with Gasteiger partial charge in [0.25, 0.3) is 0 Å². The van der Waals surface area contributed by atoms with Gasteiger partial charge in [-0.15, -0.1) is 0 Å². The van der Waals surface area contributed by atoms with Crippen LogP contribution in [0.1, 0.15) is 5.69 Å². The Labute approximate surface area is 112 Å². The maximum atomic E-state index is 12.0. The Balaban J connectivity index is 2.01. The monoisotopic (exact) mass is 280 g/mol. The van der Waals surface area contributed by atoms with Crippen molar-refractivity contribution < 1.29 is 8.42 Å². The van der Waals surface area contributed by atoms with Gasteiger partial charge in [0.2, 0.25) is 10.0 Å². The van der Waals surface area contributed by atoms with Crippen LogP contribution in [0.25, 0.3) is 0 Å². The number of sulfonamides is 1. The SMILES string of the molecule is Cn1nccc1CCNS(=O)(=O)c1cccc(N)c1. The van der Waals surface area contributed by atoms with Crippen LogP contribution in [-0.4, -0.2) is 24.7 Å². The van der Waals surface area contributed by atoms with Gasteiger partial charge >= 0.3 is 0 Å². The van der Waals surface area contributed by atoms with Crippen molar-refractivity contribution in [3.8, 4) is 0 Å². The van der Waals surface area contributed by atoms with E-state index in [-0.39, 0.29) is 4.90 Å². The zero-order valence-corrected chi connectivity index (χ0v) is 11.4. The Bertz CT molecular complexity index is 664. The van der Waals surface area contributed by atoms with E-state index in [0.717, 1.165) is 5.69 Å². The van der Waals surface area contributed by atoms with Crippen molar-refractivity contribution in [2.75, 3.05) is 12.3 Å². The fourth-order valence-corrected chi connectivity index (χ4v) is 2.81. The molecule has 0 aliphatic rings. The molecule has 0 unspecified atom stereocenters. The van der Waals surface area contributed by atoms with Gasteiger partial charge in [0.05, 0.1) is 4.90 Å². The Kier molecular flexibility index (Phi) is 3.87. The summed E-state index contributed by atoms with van der Waals surface area (Å²) in [7, 11) is -1.69. The van der Waals surface area contributed by atoms with Crippen molar-refractivity contribution in [1.82, 2.24) is 14.5 Å². The summed E-state index contributed by atoms with van der Waals surface area (Å²) in [4.78, 5) is 0.178. The third-order valence-corrected chi connectivity index (χ3v) is 4.22. The van der Waals surface area contributed by atoms with E-state index in [9.17, 15) is 8.42 Å². The summed E-state index contributed by atoms with van der Waals surface area (Å²) < 4.78 is 28.3. The lowest BCUT2D eigenvalue weighted by molar-refractivity contribution is 0.580. The zero-order valence-electron chi connectivity index (χ0n) is 10.6. The Morgan fingerprint density at radius 1 is 1.37 bits per heavy atom. The molecule has 2 rings (SSSR count).